The summed E-state index contributed by atoms with van der Waals surface area (Å²) in [5.74, 6) is 0. The molecule has 294 valence electrons. The standard InChI is InChI=1S/C60H48O/c1-59(2,3)40-33-39(34-41(36-40)60(4,5)6)56-44-23-12-10-21-42(44)55(43-22-11-13-24-45(43)56)38-31-32-50-53(35-38)61-52-30-18-29-51(58(50)52)57-48-27-16-14-25-46(48)54(37-19-8-7-9-20-37)47-26-15-17-28-49(47)57/h7-36H,1-6H3. The van der Waals surface area contributed by atoms with E-state index in [1.165, 1.54) is 93.2 Å². The minimum Gasteiger partial charge on any atom is -0.456 e. The molecule has 0 aliphatic carbocycles. The third-order valence-electron chi connectivity index (χ3n) is 12.9. The van der Waals surface area contributed by atoms with Crippen LogP contribution in [-0.4, -0.2) is 0 Å². The van der Waals surface area contributed by atoms with Gasteiger partial charge in [-0.2, -0.15) is 0 Å². The smallest absolute Gasteiger partial charge is 0.136 e. The minimum absolute atomic E-state index is 0.00915. The molecule has 0 saturated heterocycles. The zero-order chi connectivity index (χ0) is 41.6. The molecule has 11 aromatic rings. The van der Waals surface area contributed by atoms with Crippen LogP contribution in [0.1, 0.15) is 52.7 Å². The summed E-state index contributed by atoms with van der Waals surface area (Å²) in [6.07, 6.45) is 0. The van der Waals surface area contributed by atoms with Crippen LogP contribution in [0.25, 0.3) is 110 Å². The molecule has 0 radical (unpaired) electrons. The van der Waals surface area contributed by atoms with Crippen LogP contribution in [0, 0.1) is 0 Å². The number of furan rings is 1. The van der Waals surface area contributed by atoms with Crippen molar-refractivity contribution >= 4 is 65.0 Å². The summed E-state index contributed by atoms with van der Waals surface area (Å²) in [4.78, 5) is 0. The fourth-order valence-electron chi connectivity index (χ4n) is 9.91. The summed E-state index contributed by atoms with van der Waals surface area (Å²) in [6, 6.07) is 67.3. The van der Waals surface area contributed by atoms with Crippen molar-refractivity contribution < 1.29 is 4.42 Å². The second kappa shape index (κ2) is 13.8. The van der Waals surface area contributed by atoms with Crippen LogP contribution in [0.4, 0.5) is 0 Å². The number of rotatable bonds is 4. The number of hydrogen-bond donors (Lipinski definition) is 0. The van der Waals surface area contributed by atoms with E-state index in [9.17, 15) is 0 Å². The van der Waals surface area contributed by atoms with Crippen molar-refractivity contribution in [1.82, 2.24) is 0 Å². The van der Waals surface area contributed by atoms with Gasteiger partial charge in [0, 0.05) is 10.8 Å². The lowest BCUT2D eigenvalue weighted by Gasteiger charge is -2.27. The maximum atomic E-state index is 6.90. The summed E-state index contributed by atoms with van der Waals surface area (Å²) in [5.41, 5.74) is 14.4. The van der Waals surface area contributed by atoms with Crippen molar-refractivity contribution in [2.24, 2.45) is 0 Å². The van der Waals surface area contributed by atoms with Gasteiger partial charge in [-0.15, -0.1) is 0 Å². The van der Waals surface area contributed by atoms with Gasteiger partial charge in [-0.05, 0) is 128 Å². The molecule has 0 saturated carbocycles. The molecule has 11 rings (SSSR count). The molecule has 10 aromatic carbocycles. The highest BCUT2D eigenvalue weighted by Crippen LogP contribution is 2.49. The first kappa shape index (κ1) is 37.1. The third-order valence-corrected chi connectivity index (χ3v) is 12.9. The number of fused-ring (bicyclic) bond motifs is 7. The molecular formula is C60H48O. The monoisotopic (exact) mass is 784 g/mol. The number of hydrogen-bond acceptors (Lipinski definition) is 1. The van der Waals surface area contributed by atoms with E-state index < -0.39 is 0 Å². The number of benzene rings is 10. The summed E-state index contributed by atoms with van der Waals surface area (Å²) >= 11 is 0. The van der Waals surface area contributed by atoms with Gasteiger partial charge < -0.3 is 4.42 Å². The van der Waals surface area contributed by atoms with Crippen LogP contribution < -0.4 is 0 Å². The van der Waals surface area contributed by atoms with E-state index in [0.717, 1.165) is 27.5 Å². The maximum absolute atomic E-state index is 6.90. The minimum atomic E-state index is 0.00915. The molecule has 1 nitrogen and oxygen atoms in total. The first-order valence-electron chi connectivity index (χ1n) is 21.6. The second-order valence-corrected chi connectivity index (χ2v) is 18.8. The lowest BCUT2D eigenvalue weighted by molar-refractivity contribution is 0.569. The van der Waals surface area contributed by atoms with Crippen molar-refractivity contribution in [2.45, 2.75) is 52.4 Å². The highest BCUT2D eigenvalue weighted by Gasteiger charge is 2.25. The van der Waals surface area contributed by atoms with Gasteiger partial charge in [0.05, 0.1) is 0 Å². The van der Waals surface area contributed by atoms with Crippen molar-refractivity contribution in [3.63, 3.8) is 0 Å². The Morgan fingerprint density at radius 1 is 0.295 bits per heavy atom. The van der Waals surface area contributed by atoms with Crippen molar-refractivity contribution in [1.29, 1.82) is 0 Å². The van der Waals surface area contributed by atoms with Crippen molar-refractivity contribution in [3.8, 4) is 44.5 Å². The molecule has 0 amide bonds. The van der Waals surface area contributed by atoms with E-state index >= 15 is 0 Å². The van der Waals surface area contributed by atoms with Crippen LogP contribution in [0.15, 0.2) is 186 Å². The topological polar surface area (TPSA) is 13.1 Å². The molecule has 0 unspecified atom stereocenters. The molecule has 1 aromatic heterocycles. The SMILES string of the molecule is CC(C)(C)c1cc(-c2c3ccccc3c(-c3ccc4c(c3)oc3cccc(-c5c6ccccc6c(-c6ccccc6)c6ccccc56)c34)c3ccccc23)cc(C(C)(C)C)c1. The zero-order valence-corrected chi connectivity index (χ0v) is 35.7. The molecule has 0 aliphatic heterocycles. The fourth-order valence-corrected chi connectivity index (χ4v) is 9.91. The van der Waals surface area contributed by atoms with Gasteiger partial charge in [-0.3, -0.25) is 0 Å². The second-order valence-electron chi connectivity index (χ2n) is 18.8. The summed E-state index contributed by atoms with van der Waals surface area (Å²) in [5, 5.41) is 12.2. The first-order chi connectivity index (χ1) is 29.5. The zero-order valence-electron chi connectivity index (χ0n) is 35.7. The van der Waals surface area contributed by atoms with Crippen LogP contribution in [-0.2, 0) is 10.8 Å². The van der Waals surface area contributed by atoms with Gasteiger partial charge in [0.25, 0.3) is 0 Å². The Labute approximate surface area is 357 Å². The summed E-state index contributed by atoms with van der Waals surface area (Å²) < 4.78 is 6.90. The van der Waals surface area contributed by atoms with Gasteiger partial charge >= 0.3 is 0 Å². The molecule has 0 atom stereocenters. The Hall–Kier alpha value is -6.96. The predicted octanol–water partition coefficient (Wildman–Crippen LogP) is 17.5. The first-order valence-corrected chi connectivity index (χ1v) is 21.6. The van der Waals surface area contributed by atoms with E-state index in [1.807, 2.05) is 0 Å². The summed E-state index contributed by atoms with van der Waals surface area (Å²) in [6.45, 7) is 13.9. The molecule has 1 heterocycles. The third kappa shape index (κ3) is 5.98. The van der Waals surface area contributed by atoms with E-state index in [1.54, 1.807) is 0 Å². The van der Waals surface area contributed by atoms with E-state index in [2.05, 4.69) is 224 Å². The Morgan fingerprint density at radius 3 is 1.20 bits per heavy atom. The molecular weight excluding hydrogens is 737 g/mol. The molecule has 0 bridgehead atoms. The molecule has 1 heteroatoms. The van der Waals surface area contributed by atoms with Crippen molar-refractivity contribution in [3.05, 3.63) is 193 Å². The highest BCUT2D eigenvalue weighted by molar-refractivity contribution is 6.26. The van der Waals surface area contributed by atoms with E-state index in [0.29, 0.717) is 0 Å². The lowest BCUT2D eigenvalue weighted by atomic mass is 9.77. The highest BCUT2D eigenvalue weighted by atomic mass is 16.3. The van der Waals surface area contributed by atoms with Gasteiger partial charge in [0.15, 0.2) is 0 Å². The summed E-state index contributed by atoms with van der Waals surface area (Å²) in [7, 11) is 0. The predicted molar refractivity (Wildman–Crippen MR) is 263 cm³/mol. The molecule has 0 N–H and O–H groups in total. The fraction of sp³-hybridized carbons (Fsp3) is 0.133. The van der Waals surface area contributed by atoms with Crippen LogP contribution in [0.3, 0.4) is 0 Å². The maximum Gasteiger partial charge on any atom is 0.136 e. The van der Waals surface area contributed by atoms with Gasteiger partial charge in [-0.25, -0.2) is 0 Å². The molecule has 61 heavy (non-hydrogen) atoms. The Balaban J connectivity index is 1.15. The average molecular weight is 785 g/mol. The van der Waals surface area contributed by atoms with Gasteiger partial charge in [0.1, 0.15) is 11.2 Å². The van der Waals surface area contributed by atoms with Crippen molar-refractivity contribution in [2.75, 3.05) is 0 Å². The van der Waals surface area contributed by atoms with Crippen LogP contribution in [0.2, 0.25) is 0 Å². The molecule has 0 fully saturated rings. The largest absolute Gasteiger partial charge is 0.456 e. The van der Waals surface area contributed by atoms with Crippen LogP contribution >= 0.6 is 0 Å². The Bertz CT molecular complexity index is 3390. The Kier molecular flexibility index (Phi) is 8.38. The molecule has 0 spiro atoms. The van der Waals surface area contributed by atoms with Gasteiger partial charge in [0.2, 0.25) is 0 Å². The van der Waals surface area contributed by atoms with Crippen LogP contribution in [0.5, 0.6) is 0 Å². The van der Waals surface area contributed by atoms with E-state index in [4.69, 9.17) is 4.42 Å². The quantitative estimate of drug-likeness (QED) is 0.162. The Morgan fingerprint density at radius 2 is 0.721 bits per heavy atom. The molecule has 0 aliphatic rings. The van der Waals surface area contributed by atoms with Gasteiger partial charge in [-0.1, -0.05) is 205 Å². The average Bonchev–Trinajstić information content (AvgIpc) is 3.65. The lowest BCUT2D eigenvalue weighted by Crippen LogP contribution is -2.16. The normalized spacial score (nSPS) is 12.4. The van der Waals surface area contributed by atoms with E-state index in [-0.39, 0.29) is 10.8 Å².